The molecule has 3 aromatic carbocycles. The minimum absolute atomic E-state index is 0.153. The van der Waals surface area contributed by atoms with Gasteiger partial charge in [0.05, 0.1) is 10.6 Å². The second-order valence-electron chi connectivity index (χ2n) is 5.99. The molecule has 3 rings (SSSR count). The van der Waals surface area contributed by atoms with Gasteiger partial charge in [0.15, 0.2) is 0 Å². The van der Waals surface area contributed by atoms with E-state index in [2.05, 4.69) is 10.6 Å². The highest BCUT2D eigenvalue weighted by Gasteiger charge is 2.12. The number of benzene rings is 3. The van der Waals surface area contributed by atoms with E-state index in [9.17, 15) is 20.2 Å². The number of nitrogens with zero attached hydrogens (tertiary/aromatic N) is 2. The molecular formula is C22H16N4O3S. The quantitative estimate of drug-likeness (QED) is 0.237. The molecule has 0 aliphatic heterocycles. The number of nitro groups is 1. The van der Waals surface area contributed by atoms with E-state index in [4.69, 9.17) is 0 Å². The first kappa shape index (κ1) is 20.6. The fraction of sp³-hybridized carbons (Fsp3) is 0. The summed E-state index contributed by atoms with van der Waals surface area (Å²) in [5.74, 6) is -0.668. The maximum Gasteiger partial charge on any atom is 0.271 e. The minimum atomic E-state index is -0.668. The molecule has 0 atom stereocenters. The Morgan fingerprint density at radius 1 is 1.03 bits per heavy atom. The van der Waals surface area contributed by atoms with Crippen LogP contribution in [-0.4, -0.2) is 10.8 Å². The van der Waals surface area contributed by atoms with Crippen LogP contribution in [0, 0.1) is 21.4 Å². The molecule has 0 fully saturated rings. The predicted octanol–water partition coefficient (Wildman–Crippen LogP) is 5.20. The maximum atomic E-state index is 12.4. The zero-order chi connectivity index (χ0) is 21.3. The summed E-state index contributed by atoms with van der Waals surface area (Å²) in [4.78, 5) is 24.7. The van der Waals surface area contributed by atoms with Crippen molar-refractivity contribution < 1.29 is 9.72 Å². The highest BCUT2D eigenvalue weighted by atomic mass is 32.2. The number of carbonyl (C=O) groups is 1. The molecule has 0 aliphatic carbocycles. The summed E-state index contributed by atoms with van der Waals surface area (Å²) >= 11 is 1.55. The van der Waals surface area contributed by atoms with Crippen LogP contribution in [0.2, 0.25) is 0 Å². The van der Waals surface area contributed by atoms with Crippen molar-refractivity contribution in [1.82, 2.24) is 0 Å². The lowest BCUT2D eigenvalue weighted by atomic mass is 10.2. The number of nitro benzene ring substituents is 1. The smallest absolute Gasteiger partial charge is 0.271 e. The van der Waals surface area contributed by atoms with Gasteiger partial charge >= 0.3 is 0 Å². The Morgan fingerprint density at radius 2 is 1.77 bits per heavy atom. The Labute approximate surface area is 177 Å². The summed E-state index contributed by atoms with van der Waals surface area (Å²) < 4.78 is 0. The number of para-hydroxylation sites is 1. The van der Waals surface area contributed by atoms with Gasteiger partial charge in [-0.25, -0.2) is 0 Å². The molecule has 0 aromatic heterocycles. The van der Waals surface area contributed by atoms with E-state index in [0.29, 0.717) is 0 Å². The van der Waals surface area contributed by atoms with E-state index < -0.39 is 10.8 Å². The summed E-state index contributed by atoms with van der Waals surface area (Å²) in [6.07, 6.45) is 1.32. The molecule has 0 unspecified atom stereocenters. The van der Waals surface area contributed by atoms with Crippen molar-refractivity contribution in [3.8, 4) is 6.07 Å². The van der Waals surface area contributed by atoms with E-state index >= 15 is 0 Å². The van der Waals surface area contributed by atoms with Gasteiger partial charge in [-0.05, 0) is 30.3 Å². The standard InChI is InChI=1S/C22H16N4O3S/c23-14-16(22(27)25-17-7-6-8-18(13-17)26(28)29)15-24-20-11-4-5-12-21(20)30-19-9-2-1-3-10-19/h1-13,15,24H,(H,25,27)/b16-15-. The van der Waals surface area contributed by atoms with E-state index in [1.807, 2.05) is 60.7 Å². The van der Waals surface area contributed by atoms with Gasteiger partial charge in [-0.2, -0.15) is 5.26 Å². The van der Waals surface area contributed by atoms with Crippen LogP contribution in [-0.2, 0) is 4.79 Å². The van der Waals surface area contributed by atoms with Gasteiger partial charge in [0.1, 0.15) is 11.6 Å². The van der Waals surface area contributed by atoms with Gasteiger partial charge in [-0.3, -0.25) is 14.9 Å². The van der Waals surface area contributed by atoms with Crippen molar-refractivity contribution >= 4 is 34.7 Å². The van der Waals surface area contributed by atoms with Crippen molar-refractivity contribution in [3.05, 3.63) is 101 Å². The van der Waals surface area contributed by atoms with E-state index in [-0.39, 0.29) is 16.9 Å². The Bertz CT molecular complexity index is 1140. The Morgan fingerprint density at radius 3 is 2.50 bits per heavy atom. The molecule has 7 nitrogen and oxygen atoms in total. The lowest BCUT2D eigenvalue weighted by molar-refractivity contribution is -0.384. The normalized spacial score (nSPS) is 10.7. The maximum absolute atomic E-state index is 12.4. The number of nitriles is 1. The SMILES string of the molecule is N#C/C(=C/Nc1ccccc1Sc1ccccc1)C(=O)Nc1cccc([N+](=O)[O-])c1. The molecule has 0 aliphatic rings. The summed E-state index contributed by atoms with van der Waals surface area (Å²) in [6.45, 7) is 0. The zero-order valence-electron chi connectivity index (χ0n) is 15.6. The van der Waals surface area contributed by atoms with E-state index in [1.165, 1.54) is 30.5 Å². The summed E-state index contributed by atoms with van der Waals surface area (Å²) in [6, 6.07) is 24.7. The van der Waals surface area contributed by atoms with Crippen LogP contribution >= 0.6 is 11.8 Å². The van der Waals surface area contributed by atoms with Crippen molar-refractivity contribution in [2.24, 2.45) is 0 Å². The third-order valence-electron chi connectivity index (χ3n) is 3.91. The third-order valence-corrected chi connectivity index (χ3v) is 4.99. The number of hydrogen-bond acceptors (Lipinski definition) is 6. The van der Waals surface area contributed by atoms with Crippen LogP contribution in [0.25, 0.3) is 0 Å². The van der Waals surface area contributed by atoms with Gasteiger partial charge in [0, 0.05) is 33.8 Å². The van der Waals surface area contributed by atoms with Crippen LogP contribution in [0.5, 0.6) is 0 Å². The Balaban J connectivity index is 1.74. The predicted molar refractivity (Wildman–Crippen MR) is 116 cm³/mol. The first-order valence-corrected chi connectivity index (χ1v) is 9.63. The second-order valence-corrected chi connectivity index (χ2v) is 7.10. The molecule has 0 radical (unpaired) electrons. The van der Waals surface area contributed by atoms with Crippen LogP contribution in [0.3, 0.4) is 0 Å². The molecule has 8 heteroatoms. The van der Waals surface area contributed by atoms with E-state index in [1.54, 1.807) is 11.8 Å². The van der Waals surface area contributed by atoms with Crippen molar-refractivity contribution in [1.29, 1.82) is 5.26 Å². The molecule has 2 N–H and O–H groups in total. The van der Waals surface area contributed by atoms with Gasteiger partial charge in [0.2, 0.25) is 0 Å². The third kappa shape index (κ3) is 5.47. The number of carbonyl (C=O) groups excluding carboxylic acids is 1. The van der Waals surface area contributed by atoms with Crippen LogP contribution in [0.4, 0.5) is 17.1 Å². The molecule has 148 valence electrons. The number of amides is 1. The molecule has 0 bridgehead atoms. The van der Waals surface area contributed by atoms with Crippen LogP contribution in [0.15, 0.2) is 100 Å². The lowest BCUT2D eigenvalue weighted by Crippen LogP contribution is -2.14. The topological polar surface area (TPSA) is 108 Å². The van der Waals surface area contributed by atoms with Gasteiger partial charge in [0.25, 0.3) is 11.6 Å². The average Bonchev–Trinajstić information content (AvgIpc) is 2.76. The monoisotopic (exact) mass is 416 g/mol. The molecule has 0 heterocycles. The molecular weight excluding hydrogens is 400 g/mol. The van der Waals surface area contributed by atoms with Gasteiger partial charge in [-0.15, -0.1) is 0 Å². The summed E-state index contributed by atoms with van der Waals surface area (Å²) in [7, 11) is 0. The van der Waals surface area contributed by atoms with Gasteiger partial charge in [-0.1, -0.05) is 48.2 Å². The summed E-state index contributed by atoms with van der Waals surface area (Å²) in [5, 5.41) is 25.7. The fourth-order valence-corrected chi connectivity index (χ4v) is 3.42. The zero-order valence-corrected chi connectivity index (χ0v) is 16.4. The number of nitrogens with one attached hydrogen (secondary N) is 2. The van der Waals surface area contributed by atoms with Crippen molar-refractivity contribution in [3.63, 3.8) is 0 Å². The van der Waals surface area contributed by atoms with Crippen LogP contribution < -0.4 is 10.6 Å². The largest absolute Gasteiger partial charge is 0.359 e. The highest BCUT2D eigenvalue weighted by Crippen LogP contribution is 2.33. The molecule has 0 saturated carbocycles. The summed E-state index contributed by atoms with van der Waals surface area (Å²) in [5.41, 5.74) is 0.652. The average molecular weight is 416 g/mol. The molecule has 30 heavy (non-hydrogen) atoms. The lowest BCUT2D eigenvalue weighted by Gasteiger charge is -2.09. The Hall–Kier alpha value is -4.09. The molecule has 0 spiro atoms. The second kappa shape index (κ2) is 9.91. The molecule has 1 amide bonds. The van der Waals surface area contributed by atoms with Crippen molar-refractivity contribution in [2.45, 2.75) is 9.79 Å². The number of rotatable bonds is 7. The Kier molecular flexibility index (Phi) is 6.82. The molecule has 0 saturated heterocycles. The minimum Gasteiger partial charge on any atom is -0.359 e. The highest BCUT2D eigenvalue weighted by molar-refractivity contribution is 7.99. The van der Waals surface area contributed by atoms with E-state index in [0.717, 1.165) is 15.5 Å². The van der Waals surface area contributed by atoms with Crippen molar-refractivity contribution in [2.75, 3.05) is 10.6 Å². The number of anilines is 2. The fourth-order valence-electron chi connectivity index (χ4n) is 2.48. The van der Waals surface area contributed by atoms with Gasteiger partial charge < -0.3 is 10.6 Å². The first-order chi connectivity index (χ1) is 14.6. The number of non-ortho nitro benzene ring substituents is 1. The molecule has 3 aromatic rings. The first-order valence-electron chi connectivity index (χ1n) is 8.81. The van der Waals surface area contributed by atoms with Crippen LogP contribution in [0.1, 0.15) is 0 Å². The number of hydrogen-bond donors (Lipinski definition) is 2.